The Morgan fingerprint density at radius 1 is 1.26 bits per heavy atom. The SMILES string of the molecule is COC(C)CN(C)Cc1ccccc1N1CCN(C(C)=O)CC1. The van der Waals surface area contributed by atoms with Gasteiger partial charge in [0.15, 0.2) is 0 Å². The van der Waals surface area contributed by atoms with E-state index in [0.29, 0.717) is 0 Å². The molecule has 2 rings (SSSR count). The van der Waals surface area contributed by atoms with Gasteiger partial charge in [0.1, 0.15) is 0 Å². The Bertz CT molecular complexity index is 513. The molecule has 1 atom stereocenters. The minimum absolute atomic E-state index is 0.172. The second-order valence-corrected chi connectivity index (χ2v) is 6.36. The first kappa shape index (κ1) is 17.8. The number of anilines is 1. The number of carbonyl (C=O) groups excluding carboxylic acids is 1. The summed E-state index contributed by atoms with van der Waals surface area (Å²) in [6.07, 6.45) is 0.228. The van der Waals surface area contributed by atoms with Crippen molar-refractivity contribution in [2.24, 2.45) is 0 Å². The van der Waals surface area contributed by atoms with Gasteiger partial charge in [-0.3, -0.25) is 9.69 Å². The molecule has 5 nitrogen and oxygen atoms in total. The zero-order chi connectivity index (χ0) is 16.8. The molecular weight excluding hydrogens is 290 g/mol. The van der Waals surface area contributed by atoms with Gasteiger partial charge in [-0.1, -0.05) is 18.2 Å². The zero-order valence-electron chi connectivity index (χ0n) is 14.8. The second kappa shape index (κ2) is 8.31. The van der Waals surface area contributed by atoms with Crippen LogP contribution in [0.15, 0.2) is 24.3 Å². The number of ether oxygens (including phenoxy) is 1. The van der Waals surface area contributed by atoms with Crippen LogP contribution in [0.4, 0.5) is 5.69 Å². The van der Waals surface area contributed by atoms with Crippen molar-refractivity contribution < 1.29 is 9.53 Å². The van der Waals surface area contributed by atoms with Gasteiger partial charge in [-0.2, -0.15) is 0 Å². The van der Waals surface area contributed by atoms with E-state index in [4.69, 9.17) is 4.74 Å². The van der Waals surface area contributed by atoms with E-state index in [1.165, 1.54) is 11.3 Å². The highest BCUT2D eigenvalue weighted by molar-refractivity contribution is 5.73. The van der Waals surface area contributed by atoms with E-state index in [1.807, 2.05) is 4.90 Å². The smallest absolute Gasteiger partial charge is 0.219 e. The van der Waals surface area contributed by atoms with E-state index in [-0.39, 0.29) is 12.0 Å². The maximum atomic E-state index is 11.5. The van der Waals surface area contributed by atoms with Gasteiger partial charge in [-0.15, -0.1) is 0 Å². The molecule has 23 heavy (non-hydrogen) atoms. The highest BCUT2D eigenvalue weighted by Crippen LogP contribution is 2.23. The average molecular weight is 319 g/mol. The Balaban J connectivity index is 2.02. The minimum atomic E-state index is 0.172. The van der Waals surface area contributed by atoms with Crippen molar-refractivity contribution in [3.63, 3.8) is 0 Å². The lowest BCUT2D eigenvalue weighted by Gasteiger charge is -2.37. The molecule has 0 aromatic heterocycles. The Kier molecular flexibility index (Phi) is 6.42. The number of amides is 1. The summed E-state index contributed by atoms with van der Waals surface area (Å²) in [6, 6.07) is 8.57. The van der Waals surface area contributed by atoms with Crippen LogP contribution >= 0.6 is 0 Å². The fourth-order valence-corrected chi connectivity index (χ4v) is 3.08. The Hall–Kier alpha value is -1.59. The molecule has 0 radical (unpaired) electrons. The van der Waals surface area contributed by atoms with Crippen LogP contribution < -0.4 is 4.90 Å². The molecule has 5 heteroatoms. The summed E-state index contributed by atoms with van der Waals surface area (Å²) in [6.45, 7) is 8.95. The lowest BCUT2D eigenvalue weighted by molar-refractivity contribution is -0.129. The van der Waals surface area contributed by atoms with Crippen LogP contribution in [0.25, 0.3) is 0 Å². The summed E-state index contributed by atoms with van der Waals surface area (Å²) in [5, 5.41) is 0. The molecule has 1 unspecified atom stereocenters. The quantitative estimate of drug-likeness (QED) is 0.801. The van der Waals surface area contributed by atoms with Crippen LogP contribution in [-0.2, 0) is 16.1 Å². The molecule has 0 saturated carbocycles. The van der Waals surface area contributed by atoms with E-state index in [2.05, 4.69) is 48.0 Å². The van der Waals surface area contributed by atoms with Gasteiger partial charge in [0.25, 0.3) is 0 Å². The van der Waals surface area contributed by atoms with Crippen LogP contribution in [-0.4, -0.2) is 68.7 Å². The maximum absolute atomic E-state index is 11.5. The van der Waals surface area contributed by atoms with Gasteiger partial charge in [0.05, 0.1) is 6.10 Å². The van der Waals surface area contributed by atoms with Crippen molar-refractivity contribution in [2.45, 2.75) is 26.5 Å². The first-order valence-electron chi connectivity index (χ1n) is 8.31. The number of carbonyl (C=O) groups is 1. The standard InChI is InChI=1S/C18H29N3O2/c1-15(23-4)13-19(3)14-17-7-5-6-8-18(17)21-11-9-20(10-12-21)16(2)22/h5-8,15H,9-14H2,1-4H3. The van der Waals surface area contributed by atoms with Crippen molar-refractivity contribution in [1.29, 1.82) is 0 Å². The number of piperazine rings is 1. The van der Waals surface area contributed by atoms with E-state index in [1.54, 1.807) is 14.0 Å². The van der Waals surface area contributed by atoms with Crippen molar-refractivity contribution in [3.05, 3.63) is 29.8 Å². The first-order valence-corrected chi connectivity index (χ1v) is 8.31. The summed E-state index contributed by atoms with van der Waals surface area (Å²) in [7, 11) is 3.88. The van der Waals surface area contributed by atoms with Gasteiger partial charge >= 0.3 is 0 Å². The van der Waals surface area contributed by atoms with Gasteiger partial charge in [0, 0.05) is 59.0 Å². The summed E-state index contributed by atoms with van der Waals surface area (Å²) >= 11 is 0. The predicted molar refractivity (Wildman–Crippen MR) is 93.7 cm³/mol. The number of para-hydroxylation sites is 1. The highest BCUT2D eigenvalue weighted by atomic mass is 16.5. The molecule has 1 heterocycles. The number of benzene rings is 1. The molecule has 1 amide bonds. The van der Waals surface area contributed by atoms with Crippen molar-refractivity contribution in [1.82, 2.24) is 9.80 Å². The number of methoxy groups -OCH3 is 1. The normalized spacial score (nSPS) is 16.7. The number of hydrogen-bond acceptors (Lipinski definition) is 4. The summed E-state index contributed by atoms with van der Waals surface area (Å²) in [4.78, 5) is 18.1. The molecular formula is C18H29N3O2. The Morgan fingerprint density at radius 2 is 1.91 bits per heavy atom. The van der Waals surface area contributed by atoms with Crippen LogP contribution in [0.2, 0.25) is 0 Å². The number of likely N-dealkylation sites (N-methyl/N-ethyl adjacent to an activating group) is 1. The molecule has 1 fully saturated rings. The van der Waals surface area contributed by atoms with Crippen LogP contribution in [0, 0.1) is 0 Å². The number of rotatable bonds is 6. The topological polar surface area (TPSA) is 36.0 Å². The first-order chi connectivity index (χ1) is 11.0. The maximum Gasteiger partial charge on any atom is 0.219 e. The van der Waals surface area contributed by atoms with Crippen molar-refractivity contribution >= 4 is 11.6 Å². The van der Waals surface area contributed by atoms with E-state index in [9.17, 15) is 4.79 Å². The molecule has 0 N–H and O–H groups in total. The Labute approximate surface area is 139 Å². The molecule has 0 spiro atoms. The fraction of sp³-hybridized carbons (Fsp3) is 0.611. The van der Waals surface area contributed by atoms with Crippen LogP contribution in [0.3, 0.4) is 0 Å². The van der Waals surface area contributed by atoms with E-state index in [0.717, 1.165) is 39.3 Å². The third-order valence-electron chi connectivity index (χ3n) is 4.47. The van der Waals surface area contributed by atoms with E-state index < -0.39 is 0 Å². The highest BCUT2D eigenvalue weighted by Gasteiger charge is 2.20. The third-order valence-corrected chi connectivity index (χ3v) is 4.47. The fourth-order valence-electron chi connectivity index (χ4n) is 3.08. The van der Waals surface area contributed by atoms with Gasteiger partial charge in [0.2, 0.25) is 5.91 Å². The third kappa shape index (κ3) is 4.94. The minimum Gasteiger partial charge on any atom is -0.380 e. The van der Waals surface area contributed by atoms with Gasteiger partial charge in [-0.25, -0.2) is 0 Å². The second-order valence-electron chi connectivity index (χ2n) is 6.36. The van der Waals surface area contributed by atoms with Gasteiger partial charge < -0.3 is 14.5 Å². The van der Waals surface area contributed by atoms with Gasteiger partial charge in [-0.05, 0) is 25.6 Å². The average Bonchev–Trinajstić information content (AvgIpc) is 2.55. The van der Waals surface area contributed by atoms with E-state index >= 15 is 0 Å². The monoisotopic (exact) mass is 319 g/mol. The summed E-state index contributed by atoms with van der Waals surface area (Å²) in [5.41, 5.74) is 2.61. The molecule has 0 bridgehead atoms. The summed E-state index contributed by atoms with van der Waals surface area (Å²) in [5.74, 6) is 0.172. The van der Waals surface area contributed by atoms with Crippen molar-refractivity contribution in [3.8, 4) is 0 Å². The molecule has 0 aliphatic carbocycles. The predicted octanol–water partition coefficient (Wildman–Crippen LogP) is 1.82. The van der Waals surface area contributed by atoms with Crippen LogP contribution in [0.5, 0.6) is 0 Å². The number of hydrogen-bond donors (Lipinski definition) is 0. The lowest BCUT2D eigenvalue weighted by Crippen LogP contribution is -2.48. The molecule has 1 aromatic rings. The van der Waals surface area contributed by atoms with Crippen molar-refractivity contribution in [2.75, 3.05) is 51.8 Å². The number of nitrogens with zero attached hydrogens (tertiary/aromatic N) is 3. The molecule has 1 aliphatic rings. The molecule has 1 aromatic carbocycles. The molecule has 128 valence electrons. The molecule has 1 saturated heterocycles. The van der Waals surface area contributed by atoms with Crippen LogP contribution in [0.1, 0.15) is 19.4 Å². The summed E-state index contributed by atoms with van der Waals surface area (Å²) < 4.78 is 5.35. The largest absolute Gasteiger partial charge is 0.380 e. The Morgan fingerprint density at radius 3 is 2.52 bits per heavy atom. The molecule has 1 aliphatic heterocycles. The lowest BCUT2D eigenvalue weighted by atomic mass is 10.1. The zero-order valence-corrected chi connectivity index (χ0v) is 14.8.